The van der Waals surface area contributed by atoms with Gasteiger partial charge in [-0.2, -0.15) is 13.2 Å². The van der Waals surface area contributed by atoms with E-state index in [0.717, 1.165) is 23.8 Å². The number of nitrogens with one attached hydrogen (secondary N) is 3. The summed E-state index contributed by atoms with van der Waals surface area (Å²) in [5.74, 6) is -0.346. The van der Waals surface area contributed by atoms with Gasteiger partial charge in [-0.05, 0) is 48.2 Å². The van der Waals surface area contributed by atoms with Crippen molar-refractivity contribution in [3.05, 3.63) is 95.8 Å². The molecular formula is C23H19F3N4O. The first-order chi connectivity index (χ1) is 14.8. The zero-order valence-corrected chi connectivity index (χ0v) is 16.5. The van der Waals surface area contributed by atoms with Crippen molar-refractivity contribution in [1.82, 2.24) is 10.3 Å². The Morgan fingerprint density at radius 3 is 2.48 bits per heavy atom. The lowest BCUT2D eigenvalue weighted by molar-refractivity contribution is -0.137. The summed E-state index contributed by atoms with van der Waals surface area (Å²) in [5.41, 5.74) is -0.269. The number of hydrogen-bond acceptors (Lipinski definition) is 4. The third-order valence-corrected chi connectivity index (χ3v) is 4.42. The summed E-state index contributed by atoms with van der Waals surface area (Å²) >= 11 is 0. The van der Waals surface area contributed by atoms with Crippen LogP contribution in [-0.2, 0) is 6.18 Å². The van der Waals surface area contributed by atoms with Gasteiger partial charge in [0.05, 0.1) is 11.3 Å². The van der Waals surface area contributed by atoms with Crippen molar-refractivity contribution in [1.29, 1.82) is 5.41 Å². The standard InChI is InChI=1S/C23H19F3N4O/c1-28-13-11-20(27)18-14-16(9-10-19(18)23(24,25)26)22(31)30-21-17(8-5-12-29-21)15-6-3-2-4-7-15/h2-14,27-28H,1H3,(H,29,30,31)/b13-11-,27-20?. The molecule has 0 saturated heterocycles. The summed E-state index contributed by atoms with van der Waals surface area (Å²) < 4.78 is 40.2. The molecule has 3 aromatic rings. The Labute approximate surface area is 177 Å². The fourth-order valence-corrected chi connectivity index (χ4v) is 2.95. The van der Waals surface area contributed by atoms with E-state index < -0.39 is 23.2 Å². The Kier molecular flexibility index (Phi) is 6.49. The SMILES string of the molecule is CN/C=C\C(=N)c1cc(C(=O)Nc2ncccc2-c2ccccc2)ccc1C(F)(F)F. The van der Waals surface area contributed by atoms with Gasteiger partial charge in [0.25, 0.3) is 5.91 Å². The first kappa shape index (κ1) is 21.8. The summed E-state index contributed by atoms with van der Waals surface area (Å²) in [6.45, 7) is 0. The van der Waals surface area contributed by atoms with E-state index in [2.05, 4.69) is 15.6 Å². The number of carbonyl (C=O) groups excluding carboxylic acids is 1. The third-order valence-electron chi connectivity index (χ3n) is 4.42. The Morgan fingerprint density at radius 2 is 1.81 bits per heavy atom. The van der Waals surface area contributed by atoms with Gasteiger partial charge in [-0.1, -0.05) is 30.3 Å². The Bertz CT molecular complexity index is 1130. The van der Waals surface area contributed by atoms with Gasteiger partial charge >= 0.3 is 6.18 Å². The Balaban J connectivity index is 1.97. The van der Waals surface area contributed by atoms with E-state index in [-0.39, 0.29) is 17.1 Å². The van der Waals surface area contributed by atoms with Crippen LogP contribution in [0.2, 0.25) is 0 Å². The molecule has 0 bridgehead atoms. The van der Waals surface area contributed by atoms with E-state index in [1.54, 1.807) is 19.2 Å². The summed E-state index contributed by atoms with van der Waals surface area (Å²) in [6.07, 6.45) is -0.613. The lowest BCUT2D eigenvalue weighted by Gasteiger charge is -2.15. The van der Waals surface area contributed by atoms with Gasteiger partial charge in [0.15, 0.2) is 0 Å². The summed E-state index contributed by atoms with van der Waals surface area (Å²) in [6, 6.07) is 15.7. The number of halogens is 3. The molecule has 3 rings (SSSR count). The van der Waals surface area contributed by atoms with Gasteiger partial charge in [0, 0.05) is 29.9 Å². The number of anilines is 1. The van der Waals surface area contributed by atoms with E-state index in [1.165, 1.54) is 18.5 Å². The summed E-state index contributed by atoms with van der Waals surface area (Å²) in [7, 11) is 1.56. The number of allylic oxidation sites excluding steroid dienone is 1. The predicted molar refractivity (Wildman–Crippen MR) is 114 cm³/mol. The van der Waals surface area contributed by atoms with Gasteiger partial charge in [0.2, 0.25) is 0 Å². The molecule has 0 unspecified atom stereocenters. The van der Waals surface area contributed by atoms with Crippen LogP contribution < -0.4 is 10.6 Å². The minimum absolute atomic E-state index is 0.0183. The molecule has 3 N–H and O–H groups in total. The summed E-state index contributed by atoms with van der Waals surface area (Å²) in [5, 5.41) is 13.3. The Hall–Kier alpha value is -3.94. The number of pyridine rings is 1. The second kappa shape index (κ2) is 9.25. The molecule has 5 nitrogen and oxygen atoms in total. The van der Waals surface area contributed by atoms with Crippen LogP contribution in [0.1, 0.15) is 21.5 Å². The highest BCUT2D eigenvalue weighted by molar-refractivity contribution is 6.11. The fraction of sp³-hybridized carbons (Fsp3) is 0.0870. The monoisotopic (exact) mass is 424 g/mol. The second-order valence-electron chi connectivity index (χ2n) is 6.51. The van der Waals surface area contributed by atoms with Crippen molar-refractivity contribution < 1.29 is 18.0 Å². The largest absolute Gasteiger partial charge is 0.417 e. The van der Waals surface area contributed by atoms with Crippen molar-refractivity contribution in [2.24, 2.45) is 0 Å². The average Bonchev–Trinajstić information content (AvgIpc) is 2.77. The number of nitrogens with zero attached hydrogens (tertiary/aromatic N) is 1. The maximum atomic E-state index is 13.4. The first-order valence-electron chi connectivity index (χ1n) is 9.27. The molecule has 158 valence electrons. The van der Waals surface area contributed by atoms with Crippen molar-refractivity contribution in [3.63, 3.8) is 0 Å². The number of carbonyl (C=O) groups is 1. The van der Waals surface area contributed by atoms with Gasteiger partial charge in [-0.25, -0.2) is 4.98 Å². The minimum atomic E-state index is -4.66. The molecular weight excluding hydrogens is 405 g/mol. The fourth-order valence-electron chi connectivity index (χ4n) is 2.95. The number of rotatable bonds is 6. The Morgan fingerprint density at radius 1 is 1.06 bits per heavy atom. The van der Waals surface area contributed by atoms with Crippen LogP contribution in [0.4, 0.5) is 19.0 Å². The van der Waals surface area contributed by atoms with Crippen molar-refractivity contribution in [2.75, 3.05) is 12.4 Å². The van der Waals surface area contributed by atoms with Crippen LogP contribution in [-0.4, -0.2) is 23.7 Å². The van der Waals surface area contributed by atoms with Crippen LogP contribution in [0.3, 0.4) is 0 Å². The normalized spacial score (nSPS) is 11.4. The van der Waals surface area contributed by atoms with Crippen LogP contribution >= 0.6 is 0 Å². The zero-order chi connectivity index (χ0) is 22.4. The topological polar surface area (TPSA) is 77.9 Å². The molecule has 0 aliphatic carbocycles. The molecule has 0 fully saturated rings. The number of amides is 1. The highest BCUT2D eigenvalue weighted by Gasteiger charge is 2.34. The van der Waals surface area contributed by atoms with E-state index in [0.29, 0.717) is 5.56 Å². The lowest BCUT2D eigenvalue weighted by Crippen LogP contribution is -2.17. The minimum Gasteiger partial charge on any atom is -0.394 e. The molecule has 0 spiro atoms. The molecule has 0 atom stereocenters. The average molecular weight is 424 g/mol. The maximum Gasteiger partial charge on any atom is 0.417 e. The summed E-state index contributed by atoms with van der Waals surface area (Å²) in [4.78, 5) is 17.0. The molecule has 0 aliphatic heterocycles. The molecule has 2 aromatic carbocycles. The first-order valence-corrected chi connectivity index (χ1v) is 9.27. The van der Waals surface area contributed by atoms with Crippen molar-refractivity contribution in [2.45, 2.75) is 6.18 Å². The van der Waals surface area contributed by atoms with E-state index in [4.69, 9.17) is 5.41 Å². The number of hydrogen-bond donors (Lipinski definition) is 3. The molecule has 1 amide bonds. The molecule has 0 radical (unpaired) electrons. The van der Waals surface area contributed by atoms with Crippen LogP contribution in [0, 0.1) is 5.41 Å². The maximum absolute atomic E-state index is 13.4. The van der Waals surface area contributed by atoms with Gasteiger partial charge < -0.3 is 16.0 Å². The number of alkyl halides is 3. The van der Waals surface area contributed by atoms with E-state index in [1.807, 2.05) is 30.3 Å². The van der Waals surface area contributed by atoms with Crippen molar-refractivity contribution >= 4 is 17.4 Å². The lowest BCUT2D eigenvalue weighted by atomic mass is 9.98. The highest BCUT2D eigenvalue weighted by Crippen LogP contribution is 2.33. The van der Waals surface area contributed by atoms with Crippen molar-refractivity contribution in [3.8, 4) is 11.1 Å². The van der Waals surface area contributed by atoms with Crippen LogP contribution in [0.15, 0.2) is 79.1 Å². The van der Waals surface area contributed by atoms with Crippen LogP contribution in [0.25, 0.3) is 11.1 Å². The highest BCUT2D eigenvalue weighted by atomic mass is 19.4. The van der Waals surface area contributed by atoms with Crippen LogP contribution in [0.5, 0.6) is 0 Å². The zero-order valence-electron chi connectivity index (χ0n) is 16.5. The van der Waals surface area contributed by atoms with E-state index in [9.17, 15) is 18.0 Å². The van der Waals surface area contributed by atoms with Gasteiger partial charge in [-0.3, -0.25) is 4.79 Å². The van der Waals surface area contributed by atoms with Gasteiger partial charge in [0.1, 0.15) is 5.82 Å². The second-order valence-corrected chi connectivity index (χ2v) is 6.51. The molecule has 31 heavy (non-hydrogen) atoms. The number of aromatic nitrogens is 1. The van der Waals surface area contributed by atoms with Gasteiger partial charge in [-0.15, -0.1) is 0 Å². The molecule has 0 saturated carbocycles. The predicted octanol–water partition coefficient (Wildman–Crippen LogP) is 5.12. The number of benzene rings is 2. The van der Waals surface area contributed by atoms with E-state index >= 15 is 0 Å². The molecule has 1 aromatic heterocycles. The third kappa shape index (κ3) is 5.16. The molecule has 8 heteroatoms. The quantitative estimate of drug-likeness (QED) is 0.481. The smallest absolute Gasteiger partial charge is 0.394 e. The molecule has 1 heterocycles. The molecule has 0 aliphatic rings.